The molecule has 0 aromatic carbocycles. The van der Waals surface area contributed by atoms with Gasteiger partial charge in [0, 0.05) is 19.3 Å². The first kappa shape index (κ1) is 74.1. The van der Waals surface area contributed by atoms with Gasteiger partial charge in [0.1, 0.15) is 12.7 Å². The van der Waals surface area contributed by atoms with Crippen LogP contribution in [0.4, 0.5) is 0 Å². The van der Waals surface area contributed by atoms with Gasteiger partial charge in [0.25, 0.3) is 0 Å². The van der Waals surface area contributed by atoms with E-state index in [1.54, 1.807) is 0 Å². The molecule has 3 unspecified atom stereocenters. The molecule has 0 aliphatic rings. The Kier molecular flexibility index (Phi) is 56.3. The van der Waals surface area contributed by atoms with Gasteiger partial charge in [-0.3, -0.25) is 23.4 Å². The van der Waals surface area contributed by atoms with Gasteiger partial charge in [-0.1, -0.05) is 233 Å². The molecule has 0 aliphatic carbocycles. The summed E-state index contributed by atoms with van der Waals surface area (Å²) in [7, 11) is -4.78. The van der Waals surface area contributed by atoms with Crippen molar-refractivity contribution in [3.05, 3.63) is 109 Å². The summed E-state index contributed by atoms with van der Waals surface area (Å²) in [6.45, 7) is 4.32. The summed E-state index contributed by atoms with van der Waals surface area (Å²) >= 11 is 0. The number of carbonyl (C=O) groups is 3. The van der Waals surface area contributed by atoms with Gasteiger partial charge >= 0.3 is 25.7 Å². The summed E-state index contributed by atoms with van der Waals surface area (Å²) in [5.74, 6) is -1.58. The van der Waals surface area contributed by atoms with Crippen LogP contribution in [0.25, 0.3) is 0 Å². The molecule has 0 spiro atoms. The minimum absolute atomic E-state index is 0.0973. The molecule has 0 amide bonds. The van der Waals surface area contributed by atoms with Gasteiger partial charge in [-0.25, -0.2) is 4.57 Å². The number of esters is 3. The smallest absolute Gasteiger partial charge is 0.462 e. The van der Waals surface area contributed by atoms with E-state index in [2.05, 4.69) is 118 Å². The van der Waals surface area contributed by atoms with Gasteiger partial charge in [-0.2, -0.15) is 0 Å². The number of allylic oxidation sites excluding steroid dienone is 18. The quantitative estimate of drug-likeness (QED) is 0.0197. The molecule has 12 heteroatoms. The Hall–Kier alpha value is -3.86. The molecule has 0 fully saturated rings. The van der Waals surface area contributed by atoms with Crippen LogP contribution < -0.4 is 0 Å². The Balaban J connectivity index is 4.74. The molecule has 0 bridgehead atoms. The lowest BCUT2D eigenvalue weighted by molar-refractivity contribution is -0.161. The monoisotopic (exact) mass is 1110 g/mol. The molecule has 0 aromatic rings. The predicted octanol–water partition coefficient (Wildman–Crippen LogP) is 18.6. The fourth-order valence-corrected chi connectivity index (χ4v) is 8.85. The minimum atomic E-state index is -4.78. The molecule has 78 heavy (non-hydrogen) atoms. The van der Waals surface area contributed by atoms with Gasteiger partial charge < -0.3 is 24.2 Å². The number of unbranched alkanes of at least 4 members (excludes halogenated alkanes) is 21. The molecule has 0 aliphatic heterocycles. The highest BCUT2D eigenvalue weighted by Gasteiger charge is 2.28. The van der Waals surface area contributed by atoms with Crippen molar-refractivity contribution in [2.75, 3.05) is 26.4 Å². The fourth-order valence-electron chi connectivity index (χ4n) is 8.06. The van der Waals surface area contributed by atoms with E-state index in [-0.39, 0.29) is 25.9 Å². The summed E-state index contributed by atoms with van der Waals surface area (Å²) in [6, 6.07) is 0. The Bertz CT molecular complexity index is 1720. The van der Waals surface area contributed by atoms with Crippen LogP contribution in [0, 0.1) is 0 Å². The van der Waals surface area contributed by atoms with Crippen LogP contribution in [-0.2, 0) is 42.2 Å². The molecule has 446 valence electrons. The number of ether oxygens (including phenoxy) is 3. The molecule has 0 rings (SSSR count). The number of hydrogen-bond acceptors (Lipinski definition) is 10. The second kappa shape index (κ2) is 59.3. The molecule has 0 saturated heterocycles. The normalized spacial score (nSPS) is 14.1. The van der Waals surface area contributed by atoms with Crippen LogP contribution >= 0.6 is 7.82 Å². The summed E-state index contributed by atoms with van der Waals surface area (Å²) in [5, 5.41) is 9.85. The van der Waals surface area contributed by atoms with Crippen LogP contribution in [-0.4, -0.2) is 66.5 Å². The molecule has 0 heterocycles. The Labute approximate surface area is 475 Å². The second-order valence-electron chi connectivity index (χ2n) is 20.1. The first-order chi connectivity index (χ1) is 38.2. The first-order valence-electron chi connectivity index (χ1n) is 30.8. The maximum atomic E-state index is 12.9. The van der Waals surface area contributed by atoms with Crippen molar-refractivity contribution in [2.45, 2.75) is 264 Å². The summed E-state index contributed by atoms with van der Waals surface area (Å²) in [6.07, 6.45) is 72.0. The van der Waals surface area contributed by atoms with Crippen LogP contribution in [0.5, 0.6) is 0 Å². The highest BCUT2D eigenvalue weighted by molar-refractivity contribution is 7.47. The molecule has 2 N–H and O–H groups in total. The lowest BCUT2D eigenvalue weighted by Crippen LogP contribution is -2.30. The second-order valence-corrected chi connectivity index (χ2v) is 21.6. The number of rotatable bonds is 56. The van der Waals surface area contributed by atoms with Crippen molar-refractivity contribution in [1.82, 2.24) is 0 Å². The third kappa shape index (κ3) is 56.8. The van der Waals surface area contributed by atoms with E-state index in [0.717, 1.165) is 109 Å². The van der Waals surface area contributed by atoms with Gasteiger partial charge in [0.15, 0.2) is 6.10 Å². The van der Waals surface area contributed by atoms with Crippen molar-refractivity contribution in [3.8, 4) is 0 Å². The van der Waals surface area contributed by atoms with Crippen LogP contribution in [0.3, 0.4) is 0 Å². The third-order valence-electron chi connectivity index (χ3n) is 12.7. The van der Waals surface area contributed by atoms with Gasteiger partial charge in [0.05, 0.1) is 19.8 Å². The van der Waals surface area contributed by atoms with Crippen LogP contribution in [0.1, 0.15) is 252 Å². The molecule has 3 atom stereocenters. The van der Waals surface area contributed by atoms with E-state index < -0.39 is 57.8 Å². The number of phosphoric ester groups is 1. The van der Waals surface area contributed by atoms with Crippen LogP contribution in [0.15, 0.2) is 109 Å². The Morgan fingerprint density at radius 2 is 0.692 bits per heavy atom. The van der Waals surface area contributed by atoms with Crippen molar-refractivity contribution in [3.63, 3.8) is 0 Å². The predicted molar refractivity (Wildman–Crippen MR) is 325 cm³/mol. The van der Waals surface area contributed by atoms with Crippen molar-refractivity contribution in [2.24, 2.45) is 0 Å². The number of phosphoric acid groups is 1. The van der Waals surface area contributed by atoms with Gasteiger partial charge in [-0.15, -0.1) is 0 Å². The van der Waals surface area contributed by atoms with E-state index in [9.17, 15) is 28.9 Å². The van der Waals surface area contributed by atoms with Crippen molar-refractivity contribution >= 4 is 25.7 Å². The maximum Gasteiger partial charge on any atom is 0.472 e. The van der Waals surface area contributed by atoms with Gasteiger partial charge in [0.2, 0.25) is 0 Å². The number of carbonyl (C=O) groups excluding carboxylic acids is 3. The average molecular weight is 1110 g/mol. The lowest BCUT2D eigenvalue weighted by atomic mass is 10.1. The number of aliphatic hydroxyl groups excluding tert-OH is 1. The molecular weight excluding hydrogens is 1000 g/mol. The number of hydrogen-bond donors (Lipinski definition) is 2. The molecule has 0 saturated carbocycles. The molecule has 0 aromatic heterocycles. The summed E-state index contributed by atoms with van der Waals surface area (Å²) in [4.78, 5) is 48.6. The van der Waals surface area contributed by atoms with E-state index in [1.807, 2.05) is 12.2 Å². The molecular formula is C66H111O11P. The molecule has 0 radical (unpaired) electrons. The summed E-state index contributed by atoms with van der Waals surface area (Å²) in [5.41, 5.74) is 0. The Morgan fingerprint density at radius 3 is 1.09 bits per heavy atom. The van der Waals surface area contributed by atoms with Crippen LogP contribution in [0.2, 0.25) is 0 Å². The Morgan fingerprint density at radius 1 is 0.372 bits per heavy atom. The fraction of sp³-hybridized carbons (Fsp3) is 0.682. The molecule has 11 nitrogen and oxygen atoms in total. The minimum Gasteiger partial charge on any atom is -0.462 e. The van der Waals surface area contributed by atoms with Crippen molar-refractivity contribution in [1.29, 1.82) is 0 Å². The van der Waals surface area contributed by atoms with E-state index in [4.69, 9.17) is 23.3 Å². The standard InChI is InChI=1S/C66H111O11P/c1-4-7-10-13-16-19-22-25-27-29-31-33-35-38-41-44-47-50-53-56-65(69)76-62(58-67)60-74-78(71,72)75-61-63(59-73-64(68)55-52-49-46-43-40-37-24-21-18-15-12-9-6-3)77-66(70)57-54-51-48-45-42-39-36-34-32-30-28-26-23-20-17-14-11-8-5-2/h8-9,11-12,17-18,20-21,25-28,32,34,37,40,46,49,62-63,67H,4-7,10,13-16,19,22-24,29-31,33,35-36,38-39,41-45,47-48,50-61H2,1-3H3,(H,71,72)/b11-8-,12-9-,20-17-,21-18-,27-25-,28-26-,34-32-,40-37-,49-46-. The topological polar surface area (TPSA) is 155 Å². The average Bonchev–Trinajstić information content (AvgIpc) is 3.43. The number of aliphatic hydroxyl groups is 1. The SMILES string of the molecule is CC/C=C\C/C=C\C/C=C\C/C=C\CCCCCCCCC(=O)OC(COC(=O)CC/C=C\C/C=C\C/C=C\C/C=C\CC)COP(=O)(O)OCC(CO)OC(=O)CCCCCCCCCCC/C=C\CCCCCCCC. The van der Waals surface area contributed by atoms with Gasteiger partial charge in [-0.05, 0) is 109 Å². The van der Waals surface area contributed by atoms with E-state index in [0.29, 0.717) is 19.3 Å². The van der Waals surface area contributed by atoms with E-state index in [1.165, 1.54) is 83.5 Å². The first-order valence-corrected chi connectivity index (χ1v) is 32.3. The maximum absolute atomic E-state index is 12.9. The zero-order valence-corrected chi connectivity index (χ0v) is 50.2. The highest BCUT2D eigenvalue weighted by Crippen LogP contribution is 2.43. The zero-order chi connectivity index (χ0) is 56.9. The third-order valence-corrected chi connectivity index (χ3v) is 13.6. The van der Waals surface area contributed by atoms with Crippen molar-refractivity contribution < 1.29 is 52.2 Å². The zero-order valence-electron chi connectivity index (χ0n) is 49.3. The highest BCUT2D eigenvalue weighted by atomic mass is 31.2. The summed E-state index contributed by atoms with van der Waals surface area (Å²) < 4.78 is 39.5. The van der Waals surface area contributed by atoms with E-state index >= 15 is 0 Å². The largest absolute Gasteiger partial charge is 0.472 e. The lowest BCUT2D eigenvalue weighted by Gasteiger charge is -2.21.